The van der Waals surface area contributed by atoms with Crippen molar-refractivity contribution in [1.29, 1.82) is 0 Å². The summed E-state index contributed by atoms with van der Waals surface area (Å²) < 4.78 is 16.9. The first-order valence-electron chi connectivity index (χ1n) is 22.5. The van der Waals surface area contributed by atoms with Crippen LogP contribution in [-0.4, -0.2) is 121 Å². The van der Waals surface area contributed by atoms with Crippen LogP contribution in [0.4, 0.5) is 9.59 Å². The summed E-state index contributed by atoms with van der Waals surface area (Å²) in [6, 6.07) is 10.0. The van der Waals surface area contributed by atoms with Crippen LogP contribution < -0.4 is 10.6 Å². The summed E-state index contributed by atoms with van der Waals surface area (Å²) in [5.74, 6) is 0.942. The van der Waals surface area contributed by atoms with Gasteiger partial charge in [-0.25, -0.2) is 19.6 Å². The summed E-state index contributed by atoms with van der Waals surface area (Å²) in [6.07, 6.45) is 13.4. The molecule has 4 aromatic rings. The van der Waals surface area contributed by atoms with E-state index in [0.29, 0.717) is 51.4 Å². The number of hydrogen-bond donors (Lipinski definition) is 5. The third-order valence-corrected chi connectivity index (χ3v) is 14.4. The Hall–Kier alpha value is -5.81. The van der Waals surface area contributed by atoms with Gasteiger partial charge < -0.3 is 49.7 Å². The first-order valence-corrected chi connectivity index (χ1v) is 22.5. The van der Waals surface area contributed by atoms with Gasteiger partial charge in [0.2, 0.25) is 11.8 Å². The van der Waals surface area contributed by atoms with Crippen molar-refractivity contribution in [2.75, 3.05) is 33.4 Å². The Balaban J connectivity index is 0.787. The topological polar surface area (TPSA) is 217 Å². The van der Waals surface area contributed by atoms with Crippen LogP contribution >= 0.6 is 0 Å². The molecule has 0 radical (unpaired) electrons. The molecule has 17 nitrogen and oxygen atoms in total. The predicted molar refractivity (Wildman–Crippen MR) is 228 cm³/mol. The van der Waals surface area contributed by atoms with Crippen molar-refractivity contribution in [2.45, 2.75) is 112 Å². The van der Waals surface area contributed by atoms with Gasteiger partial charge >= 0.3 is 12.2 Å². The van der Waals surface area contributed by atoms with Gasteiger partial charge in [0.05, 0.1) is 59.9 Å². The van der Waals surface area contributed by atoms with Gasteiger partial charge in [-0.2, -0.15) is 0 Å². The van der Waals surface area contributed by atoms with Crippen LogP contribution in [0.25, 0.3) is 33.8 Å². The average molecular weight is 862 g/mol. The SMILES string of the molecule is COC(=O)NC(C(=O)N1CCC[C@H]1c1ncc(-c2ccc(-c3ccc(-c4cnc([C@@H]5CCCN5C(=O)C(NC(=O)O)C5CCOC6(CC6)C5)[nH]4)cn3)cc2)[nH]1)C1CCOC2(CC2)C1. The minimum Gasteiger partial charge on any atom is -0.465 e. The largest absolute Gasteiger partial charge is 0.465 e. The van der Waals surface area contributed by atoms with Gasteiger partial charge in [0.25, 0.3) is 0 Å². The molecule has 7 heterocycles. The number of pyridine rings is 1. The summed E-state index contributed by atoms with van der Waals surface area (Å²) >= 11 is 0. The zero-order valence-electron chi connectivity index (χ0n) is 35.5. The first-order chi connectivity index (χ1) is 30.6. The molecule has 6 aliphatic rings. The quantitative estimate of drug-likeness (QED) is 0.116. The number of hydrogen-bond acceptors (Lipinski definition) is 10. The number of rotatable bonds is 11. The van der Waals surface area contributed by atoms with Crippen molar-refractivity contribution in [3.8, 4) is 33.8 Å². The maximum Gasteiger partial charge on any atom is 0.407 e. The molecular formula is C46H55N9O8. The van der Waals surface area contributed by atoms with E-state index in [-0.39, 0.29) is 46.9 Å². The van der Waals surface area contributed by atoms with Crippen molar-refractivity contribution in [3.63, 3.8) is 0 Å². The maximum absolute atomic E-state index is 14.2. The van der Waals surface area contributed by atoms with E-state index in [9.17, 15) is 24.3 Å². The standard InChI is InChI=1S/C46H55N9O8/c1-61-44(60)53-38(30-13-21-63-46(23-30)16-17-46)42(57)55-19-3-4-35(55)39-48-25-33(50-39)28-8-6-27(7-9-28)32-11-10-31(24-47-32)34-26-49-40(51-34)36-5-2-18-54(36)41(56)37(52-43(58)59)29-12-20-62-45(22-29)14-15-45/h6-11,24-26,29-30,35-38,52H,2-5,12-23H2,1H3,(H,48,50)(H,49,51)(H,53,60)(H,58,59)/t29?,30?,35-,36-,37?,38?/m0/s1. The molecule has 4 amide bonds. The van der Waals surface area contributed by atoms with E-state index < -0.39 is 24.3 Å². The number of carbonyl (C=O) groups is 4. The number of aromatic amines is 2. The number of carbonyl (C=O) groups excluding carboxylic acids is 3. The molecule has 4 aliphatic heterocycles. The van der Waals surface area contributed by atoms with Gasteiger partial charge in [-0.05, 0) is 107 Å². The normalized spacial score (nSPS) is 25.4. The summed E-state index contributed by atoms with van der Waals surface area (Å²) in [5.41, 5.74) is 4.82. The molecule has 6 fully saturated rings. The Morgan fingerprint density at radius 2 is 1.21 bits per heavy atom. The molecule has 332 valence electrons. The zero-order chi connectivity index (χ0) is 43.3. The lowest BCUT2D eigenvalue weighted by Gasteiger charge is -2.37. The number of H-pyrrole nitrogens is 2. The number of likely N-dealkylation sites (tertiary alicyclic amines) is 2. The number of methoxy groups -OCH3 is 1. The second-order valence-corrected chi connectivity index (χ2v) is 18.4. The molecule has 17 heteroatoms. The van der Waals surface area contributed by atoms with Gasteiger partial charge in [-0.3, -0.25) is 14.6 Å². The van der Waals surface area contributed by atoms with Gasteiger partial charge in [0.15, 0.2) is 0 Å². The minimum absolute atomic E-state index is 0.0295. The van der Waals surface area contributed by atoms with E-state index in [1.807, 2.05) is 41.3 Å². The van der Waals surface area contributed by atoms with Gasteiger partial charge in [0, 0.05) is 43.6 Å². The second-order valence-electron chi connectivity index (χ2n) is 18.4. The second kappa shape index (κ2) is 16.7. The van der Waals surface area contributed by atoms with Crippen molar-refractivity contribution in [1.82, 2.24) is 45.4 Å². The van der Waals surface area contributed by atoms with Crippen LogP contribution in [0, 0.1) is 11.8 Å². The Morgan fingerprint density at radius 1 is 0.698 bits per heavy atom. The van der Waals surface area contributed by atoms with E-state index in [1.54, 1.807) is 23.5 Å². The van der Waals surface area contributed by atoms with Crippen LogP contribution in [0.15, 0.2) is 55.0 Å². The summed E-state index contributed by atoms with van der Waals surface area (Å²) in [6.45, 7) is 2.24. The number of ether oxygens (including phenoxy) is 3. The van der Waals surface area contributed by atoms with Crippen molar-refractivity contribution in [3.05, 3.63) is 66.6 Å². The van der Waals surface area contributed by atoms with E-state index in [2.05, 4.69) is 20.6 Å². The lowest BCUT2D eigenvalue weighted by atomic mass is 9.86. The molecule has 2 spiro atoms. The van der Waals surface area contributed by atoms with Crippen molar-refractivity contribution >= 4 is 24.0 Å². The molecule has 4 saturated heterocycles. The molecule has 3 aromatic heterocycles. The molecule has 5 N–H and O–H groups in total. The van der Waals surface area contributed by atoms with Crippen LogP contribution in [0.1, 0.15) is 101 Å². The Morgan fingerprint density at radius 3 is 1.70 bits per heavy atom. The van der Waals surface area contributed by atoms with Crippen LogP contribution in [-0.2, 0) is 23.8 Å². The van der Waals surface area contributed by atoms with E-state index in [0.717, 1.165) is 97.4 Å². The monoisotopic (exact) mass is 861 g/mol. The highest BCUT2D eigenvalue weighted by atomic mass is 16.5. The number of aromatic nitrogens is 5. The fourth-order valence-corrected chi connectivity index (χ4v) is 10.6. The van der Waals surface area contributed by atoms with Crippen molar-refractivity contribution in [2.24, 2.45) is 11.8 Å². The molecule has 2 aliphatic carbocycles. The third kappa shape index (κ3) is 8.40. The number of alkyl carbamates (subject to hydrolysis) is 1. The van der Waals surface area contributed by atoms with Gasteiger partial charge in [-0.1, -0.05) is 24.3 Å². The summed E-state index contributed by atoms with van der Waals surface area (Å²) in [7, 11) is 1.32. The highest BCUT2D eigenvalue weighted by Crippen LogP contribution is 2.50. The Bertz CT molecular complexity index is 2340. The highest BCUT2D eigenvalue weighted by Gasteiger charge is 2.52. The van der Waals surface area contributed by atoms with Crippen LogP contribution in [0.3, 0.4) is 0 Å². The number of nitrogens with zero attached hydrogens (tertiary/aromatic N) is 5. The fraction of sp³-hybridized carbons (Fsp3) is 0.543. The zero-order valence-corrected chi connectivity index (χ0v) is 35.5. The van der Waals surface area contributed by atoms with Crippen LogP contribution in [0.5, 0.6) is 0 Å². The van der Waals surface area contributed by atoms with Gasteiger partial charge in [0.1, 0.15) is 23.7 Å². The lowest BCUT2D eigenvalue weighted by Crippen LogP contribution is -2.54. The van der Waals surface area contributed by atoms with E-state index in [1.165, 1.54) is 7.11 Å². The van der Waals surface area contributed by atoms with E-state index in [4.69, 9.17) is 29.2 Å². The summed E-state index contributed by atoms with van der Waals surface area (Å²) in [5, 5.41) is 15.1. The smallest absolute Gasteiger partial charge is 0.407 e. The van der Waals surface area contributed by atoms with Gasteiger partial charge in [-0.15, -0.1) is 0 Å². The molecular weight excluding hydrogens is 807 g/mol. The molecule has 2 saturated carbocycles. The third-order valence-electron chi connectivity index (χ3n) is 14.4. The van der Waals surface area contributed by atoms with Crippen LogP contribution in [0.2, 0.25) is 0 Å². The maximum atomic E-state index is 14.2. The average Bonchev–Trinajstić information content (AvgIpc) is 3.81. The predicted octanol–water partition coefficient (Wildman–Crippen LogP) is 6.14. The molecule has 1 aromatic carbocycles. The first kappa shape index (κ1) is 41.2. The number of amides is 4. The Kier molecular flexibility index (Phi) is 10.9. The molecule has 4 unspecified atom stereocenters. The van der Waals surface area contributed by atoms with E-state index >= 15 is 0 Å². The molecule has 0 bridgehead atoms. The fourth-order valence-electron chi connectivity index (χ4n) is 10.6. The highest BCUT2D eigenvalue weighted by molar-refractivity contribution is 5.87. The van der Waals surface area contributed by atoms with Crippen molar-refractivity contribution < 1.29 is 38.5 Å². The Labute approximate surface area is 365 Å². The number of carboxylic acid groups (broad SMARTS) is 1. The number of imidazole rings is 2. The molecule has 6 atom stereocenters. The summed E-state index contributed by atoms with van der Waals surface area (Å²) in [4.78, 5) is 77.3. The number of benzene rings is 1. The molecule has 63 heavy (non-hydrogen) atoms. The molecule has 10 rings (SSSR count). The number of nitrogens with one attached hydrogen (secondary N) is 4. The minimum atomic E-state index is -1.19. The lowest BCUT2D eigenvalue weighted by molar-refractivity contribution is -0.138.